The van der Waals surface area contributed by atoms with Gasteiger partial charge in [-0.05, 0) is 53.2 Å². The maximum atomic E-state index is 14.3. The molecule has 1 saturated heterocycles. The van der Waals surface area contributed by atoms with Gasteiger partial charge in [-0.15, -0.1) is 12.4 Å². The minimum absolute atomic E-state index is 0. The van der Waals surface area contributed by atoms with Crippen LogP contribution in [0.15, 0.2) is 52.1 Å². The quantitative estimate of drug-likeness (QED) is 0.326. The number of rotatable bonds is 6. The van der Waals surface area contributed by atoms with Gasteiger partial charge >= 0.3 is 0 Å². The summed E-state index contributed by atoms with van der Waals surface area (Å²) in [5, 5.41) is 3.10. The topological polar surface area (TPSA) is 125 Å². The highest BCUT2D eigenvalue weighted by Crippen LogP contribution is 2.27. The Labute approximate surface area is 222 Å². The van der Waals surface area contributed by atoms with E-state index in [2.05, 4.69) is 26.2 Å². The number of nitrogens with zero attached hydrogens (tertiary/aromatic N) is 3. The predicted octanol–water partition coefficient (Wildman–Crippen LogP) is 4.04. The third-order valence-corrected chi connectivity index (χ3v) is 7.42. The van der Waals surface area contributed by atoms with E-state index in [0.29, 0.717) is 21.1 Å². The standard InChI is InChI=1S/C23H23BrFN5O4S.ClH/c1-13(31)17-11-29(18-7-6-15(9-16(17)18)35(2,26)34)12-22(32)30-10-14(25)8-19(30)23(33)28-21-5-3-4-20(24)27-21;/h3-7,9,11,14,19,26H,8,10,12H2,1-2H3,(H,27,28,33);1H/t14-,19+,35?;/m1./s1. The summed E-state index contributed by atoms with van der Waals surface area (Å²) in [7, 11) is -3.01. The molecule has 9 nitrogen and oxygen atoms in total. The lowest BCUT2D eigenvalue weighted by Gasteiger charge is -2.24. The van der Waals surface area contributed by atoms with Crippen molar-refractivity contribution in [1.29, 1.82) is 4.78 Å². The van der Waals surface area contributed by atoms with Crippen LogP contribution in [0, 0.1) is 4.78 Å². The van der Waals surface area contributed by atoms with Gasteiger partial charge in [0, 0.05) is 40.2 Å². The van der Waals surface area contributed by atoms with E-state index in [4.69, 9.17) is 4.78 Å². The van der Waals surface area contributed by atoms with Crippen LogP contribution in [0.5, 0.6) is 0 Å². The van der Waals surface area contributed by atoms with Gasteiger partial charge in [-0.2, -0.15) is 0 Å². The second-order valence-corrected chi connectivity index (χ2v) is 11.5. The number of carbonyl (C=O) groups is 3. The predicted molar refractivity (Wildman–Crippen MR) is 140 cm³/mol. The molecule has 1 fully saturated rings. The largest absolute Gasteiger partial charge is 0.337 e. The lowest BCUT2D eigenvalue weighted by atomic mass is 10.1. The van der Waals surface area contributed by atoms with Gasteiger partial charge in [-0.3, -0.25) is 14.4 Å². The van der Waals surface area contributed by atoms with Gasteiger partial charge in [0.15, 0.2) is 5.78 Å². The van der Waals surface area contributed by atoms with Crippen molar-refractivity contribution in [3.63, 3.8) is 0 Å². The normalized spacial score (nSPS) is 18.9. The molecule has 0 saturated carbocycles. The number of ketones is 1. The van der Waals surface area contributed by atoms with Gasteiger partial charge in [0.05, 0.1) is 16.3 Å². The van der Waals surface area contributed by atoms with Crippen molar-refractivity contribution in [3.8, 4) is 0 Å². The molecule has 0 spiro atoms. The number of alkyl halides is 1. The smallest absolute Gasteiger partial charge is 0.248 e. The number of aromatic nitrogens is 2. The molecule has 192 valence electrons. The Kier molecular flexibility index (Phi) is 8.21. The Morgan fingerprint density at radius 3 is 2.64 bits per heavy atom. The van der Waals surface area contributed by atoms with E-state index in [0.717, 1.165) is 0 Å². The van der Waals surface area contributed by atoms with E-state index in [1.54, 1.807) is 28.8 Å². The summed E-state index contributed by atoms with van der Waals surface area (Å²) in [4.78, 5) is 43.9. The summed E-state index contributed by atoms with van der Waals surface area (Å²) in [6.07, 6.45) is 1.32. The van der Waals surface area contributed by atoms with Crippen LogP contribution < -0.4 is 5.32 Å². The molecule has 2 aromatic heterocycles. The number of amides is 2. The van der Waals surface area contributed by atoms with Gasteiger partial charge in [-0.1, -0.05) is 6.07 Å². The van der Waals surface area contributed by atoms with Crippen LogP contribution in [0.4, 0.5) is 10.2 Å². The van der Waals surface area contributed by atoms with Crippen molar-refractivity contribution in [2.75, 3.05) is 18.1 Å². The van der Waals surface area contributed by atoms with Crippen molar-refractivity contribution in [2.24, 2.45) is 0 Å². The number of likely N-dealkylation sites (tertiary alicyclic amines) is 1. The fraction of sp³-hybridized carbons (Fsp3) is 0.304. The first-order valence-electron chi connectivity index (χ1n) is 10.7. The molecule has 2 amide bonds. The van der Waals surface area contributed by atoms with Crippen LogP contribution in [-0.4, -0.2) is 61.3 Å². The maximum absolute atomic E-state index is 14.3. The number of fused-ring (bicyclic) bond motifs is 1. The molecule has 0 radical (unpaired) electrons. The van der Waals surface area contributed by atoms with Crippen LogP contribution in [0.2, 0.25) is 0 Å². The molecule has 1 aliphatic heterocycles. The summed E-state index contributed by atoms with van der Waals surface area (Å²) in [5.74, 6) is -0.999. The van der Waals surface area contributed by atoms with Crippen molar-refractivity contribution in [3.05, 3.63) is 52.8 Å². The Balaban J connectivity index is 0.00000361. The van der Waals surface area contributed by atoms with Crippen LogP contribution in [0.1, 0.15) is 23.7 Å². The monoisotopic (exact) mass is 599 g/mol. The molecule has 4 rings (SSSR count). The molecule has 3 atom stereocenters. The first kappa shape index (κ1) is 27.8. The molecule has 13 heteroatoms. The van der Waals surface area contributed by atoms with E-state index >= 15 is 0 Å². The number of anilines is 1. The van der Waals surface area contributed by atoms with Gasteiger partial charge in [0.25, 0.3) is 0 Å². The molecule has 0 bridgehead atoms. The average molecular weight is 601 g/mol. The van der Waals surface area contributed by atoms with E-state index in [9.17, 15) is 23.0 Å². The second kappa shape index (κ2) is 10.7. The van der Waals surface area contributed by atoms with Crippen LogP contribution >= 0.6 is 28.3 Å². The first-order chi connectivity index (χ1) is 16.4. The summed E-state index contributed by atoms with van der Waals surface area (Å²) < 4.78 is 36.4. The number of halogens is 3. The zero-order chi connectivity index (χ0) is 25.5. The molecule has 36 heavy (non-hydrogen) atoms. The first-order valence-corrected chi connectivity index (χ1v) is 13.4. The molecule has 1 unspecified atom stereocenters. The molecular formula is C23H24BrClFN5O4S. The highest BCUT2D eigenvalue weighted by Gasteiger charge is 2.40. The minimum Gasteiger partial charge on any atom is -0.337 e. The van der Waals surface area contributed by atoms with Crippen molar-refractivity contribution in [2.45, 2.75) is 37.0 Å². The highest BCUT2D eigenvalue weighted by molar-refractivity contribution is 9.10. The maximum Gasteiger partial charge on any atom is 0.248 e. The number of carbonyl (C=O) groups excluding carboxylic acids is 3. The zero-order valence-electron chi connectivity index (χ0n) is 19.4. The molecule has 2 N–H and O–H groups in total. The molecular weight excluding hydrogens is 577 g/mol. The van der Waals surface area contributed by atoms with Crippen LogP contribution in [0.25, 0.3) is 10.9 Å². The highest BCUT2D eigenvalue weighted by atomic mass is 79.9. The average Bonchev–Trinajstić information content (AvgIpc) is 3.34. The van der Waals surface area contributed by atoms with E-state index < -0.39 is 33.8 Å². The lowest BCUT2D eigenvalue weighted by molar-refractivity contribution is -0.137. The van der Waals surface area contributed by atoms with Crippen LogP contribution in [0.3, 0.4) is 0 Å². The molecule has 3 aromatic rings. The molecule has 0 aliphatic carbocycles. The summed E-state index contributed by atoms with van der Waals surface area (Å²) in [6.45, 7) is 0.932. The zero-order valence-corrected chi connectivity index (χ0v) is 22.6. The second-order valence-electron chi connectivity index (χ2n) is 8.48. The fourth-order valence-electron chi connectivity index (χ4n) is 4.16. The number of Topliss-reactive ketones (excluding diaryl/α,β-unsaturated/α-hetero) is 1. The van der Waals surface area contributed by atoms with Crippen molar-refractivity contribution >= 4 is 72.4 Å². The third-order valence-electron chi connectivity index (χ3n) is 5.83. The van der Waals surface area contributed by atoms with Gasteiger partial charge in [0.1, 0.15) is 29.2 Å². The number of nitrogens with one attached hydrogen (secondary N) is 2. The Bertz CT molecular complexity index is 1460. The number of pyridine rings is 1. The summed E-state index contributed by atoms with van der Waals surface area (Å²) >= 11 is 3.22. The number of hydrogen-bond acceptors (Lipinski definition) is 6. The van der Waals surface area contributed by atoms with Crippen molar-refractivity contribution < 1.29 is 23.0 Å². The Morgan fingerprint density at radius 1 is 1.28 bits per heavy atom. The number of benzene rings is 1. The van der Waals surface area contributed by atoms with Gasteiger partial charge < -0.3 is 14.8 Å². The molecule has 1 aromatic carbocycles. The number of hydrogen-bond donors (Lipinski definition) is 2. The Hall–Kier alpha value is -2.83. The van der Waals surface area contributed by atoms with Gasteiger partial charge in [-0.25, -0.2) is 18.4 Å². The molecule has 3 heterocycles. The Morgan fingerprint density at radius 2 is 2.00 bits per heavy atom. The van der Waals surface area contributed by atoms with Gasteiger partial charge in [0.2, 0.25) is 11.8 Å². The molecule has 1 aliphatic rings. The van der Waals surface area contributed by atoms with E-state index in [1.807, 2.05) is 0 Å². The lowest BCUT2D eigenvalue weighted by Crippen LogP contribution is -2.44. The SMILES string of the molecule is CC(=O)c1cn(CC(=O)N2C[C@H](F)C[C@H]2C(=O)Nc2cccc(Br)n2)c2ccc(S(C)(=N)=O)cc12.Cl. The summed E-state index contributed by atoms with van der Waals surface area (Å²) in [5.41, 5.74) is 0.851. The minimum atomic E-state index is -3.01. The van der Waals surface area contributed by atoms with Crippen LogP contribution in [-0.2, 0) is 25.9 Å². The third kappa shape index (κ3) is 5.76. The fourth-order valence-corrected chi connectivity index (χ4v) is 5.18. The summed E-state index contributed by atoms with van der Waals surface area (Å²) in [6, 6.07) is 8.62. The van der Waals surface area contributed by atoms with Crippen molar-refractivity contribution in [1.82, 2.24) is 14.5 Å². The van der Waals surface area contributed by atoms with E-state index in [1.165, 1.54) is 36.4 Å². The van der Waals surface area contributed by atoms with E-state index in [-0.39, 0.29) is 48.4 Å².